The van der Waals surface area contributed by atoms with E-state index in [0.717, 1.165) is 31.9 Å². The molecule has 1 rings (SSSR count). The van der Waals surface area contributed by atoms with Crippen LogP contribution in [0.25, 0.3) is 0 Å². The molecule has 0 aliphatic heterocycles. The van der Waals surface area contributed by atoms with Crippen molar-refractivity contribution < 1.29 is 18.3 Å². The van der Waals surface area contributed by atoms with Gasteiger partial charge in [0.1, 0.15) is 0 Å². The summed E-state index contributed by atoms with van der Waals surface area (Å²) in [6.07, 6.45) is 4.46. The molecule has 1 aromatic heterocycles. The summed E-state index contributed by atoms with van der Waals surface area (Å²) in [6, 6.07) is 2.52. The Balaban J connectivity index is 3.00. The fourth-order valence-corrected chi connectivity index (χ4v) is 3.24. The molecule has 0 fully saturated rings. The molecule has 0 atom stereocenters. The minimum Gasteiger partial charge on any atom is -0.478 e. The number of carbonyl (C=O) groups is 1. The smallest absolute Gasteiger partial charge is 0.337 e. The van der Waals surface area contributed by atoms with Gasteiger partial charge in [-0.3, -0.25) is 0 Å². The molecule has 0 bridgehead atoms. The first-order valence-electron chi connectivity index (χ1n) is 7.13. The standard InChI is InChI=1S/C14H22N2O4S/c1-3-5-9-16(10-6-4-2)21(19,20)13-8-7-12(11-15-13)14(17)18/h7-8,11H,3-6,9-10H2,1-2H3,(H,17,18). The van der Waals surface area contributed by atoms with Crippen LogP contribution >= 0.6 is 0 Å². The van der Waals surface area contributed by atoms with Crippen molar-refractivity contribution in [3.05, 3.63) is 23.9 Å². The van der Waals surface area contributed by atoms with Crippen molar-refractivity contribution in [3.8, 4) is 0 Å². The van der Waals surface area contributed by atoms with Crippen molar-refractivity contribution in [1.82, 2.24) is 9.29 Å². The summed E-state index contributed by atoms with van der Waals surface area (Å²) in [5.41, 5.74) is -0.0254. The van der Waals surface area contributed by atoms with Crippen molar-refractivity contribution in [2.45, 2.75) is 44.6 Å². The van der Waals surface area contributed by atoms with Crippen LogP contribution in [-0.2, 0) is 10.0 Å². The Kier molecular flexibility index (Phi) is 6.77. The Morgan fingerprint density at radius 1 is 1.19 bits per heavy atom. The van der Waals surface area contributed by atoms with Crippen LogP contribution in [0.3, 0.4) is 0 Å². The van der Waals surface area contributed by atoms with E-state index >= 15 is 0 Å². The monoisotopic (exact) mass is 314 g/mol. The van der Waals surface area contributed by atoms with E-state index in [0.29, 0.717) is 13.1 Å². The number of aromatic nitrogens is 1. The topological polar surface area (TPSA) is 87.6 Å². The molecule has 0 unspecified atom stereocenters. The van der Waals surface area contributed by atoms with Crippen molar-refractivity contribution in [3.63, 3.8) is 0 Å². The Bertz CT molecular complexity index is 547. The molecule has 0 saturated heterocycles. The van der Waals surface area contributed by atoms with Gasteiger partial charge >= 0.3 is 5.97 Å². The van der Waals surface area contributed by atoms with Crippen molar-refractivity contribution in [1.29, 1.82) is 0 Å². The number of aromatic carboxylic acids is 1. The predicted molar refractivity (Wildman–Crippen MR) is 79.8 cm³/mol. The van der Waals surface area contributed by atoms with Gasteiger partial charge in [0.2, 0.25) is 0 Å². The van der Waals surface area contributed by atoms with E-state index in [-0.39, 0.29) is 10.6 Å². The quantitative estimate of drug-likeness (QED) is 0.756. The number of sulfonamides is 1. The maximum atomic E-state index is 12.5. The van der Waals surface area contributed by atoms with E-state index in [9.17, 15) is 13.2 Å². The summed E-state index contributed by atoms with van der Waals surface area (Å²) in [7, 11) is -3.66. The lowest BCUT2D eigenvalue weighted by Crippen LogP contribution is -2.33. The highest BCUT2D eigenvalue weighted by molar-refractivity contribution is 7.89. The normalized spacial score (nSPS) is 11.8. The van der Waals surface area contributed by atoms with Crippen molar-refractivity contribution >= 4 is 16.0 Å². The Labute approximate surface area is 125 Å². The van der Waals surface area contributed by atoms with Gasteiger partial charge in [-0.2, -0.15) is 4.31 Å². The average molecular weight is 314 g/mol. The summed E-state index contributed by atoms with van der Waals surface area (Å²) >= 11 is 0. The lowest BCUT2D eigenvalue weighted by Gasteiger charge is -2.21. The van der Waals surface area contributed by atoms with Gasteiger partial charge in [-0.25, -0.2) is 18.2 Å². The molecular weight excluding hydrogens is 292 g/mol. The first-order valence-corrected chi connectivity index (χ1v) is 8.57. The average Bonchev–Trinajstić information content (AvgIpc) is 2.47. The summed E-state index contributed by atoms with van der Waals surface area (Å²) in [4.78, 5) is 14.6. The number of carboxylic acid groups (broad SMARTS) is 1. The van der Waals surface area contributed by atoms with Crippen LogP contribution < -0.4 is 0 Å². The number of nitrogens with zero attached hydrogens (tertiary/aromatic N) is 2. The van der Waals surface area contributed by atoms with Gasteiger partial charge in [0.05, 0.1) is 5.56 Å². The summed E-state index contributed by atoms with van der Waals surface area (Å²) < 4.78 is 26.5. The number of unbranched alkanes of at least 4 members (excludes halogenated alkanes) is 2. The van der Waals surface area contributed by atoms with Gasteiger partial charge in [-0.05, 0) is 25.0 Å². The Morgan fingerprint density at radius 2 is 1.76 bits per heavy atom. The first kappa shape index (κ1) is 17.6. The van der Waals surface area contributed by atoms with Gasteiger partial charge < -0.3 is 5.11 Å². The molecule has 1 aromatic rings. The van der Waals surface area contributed by atoms with E-state index in [2.05, 4.69) is 4.98 Å². The highest BCUT2D eigenvalue weighted by Crippen LogP contribution is 2.15. The summed E-state index contributed by atoms with van der Waals surface area (Å²) in [6.45, 7) is 4.93. The zero-order valence-electron chi connectivity index (χ0n) is 12.4. The van der Waals surface area contributed by atoms with E-state index in [4.69, 9.17) is 5.11 Å². The number of pyridine rings is 1. The second-order valence-corrected chi connectivity index (χ2v) is 6.69. The zero-order chi connectivity index (χ0) is 15.9. The van der Waals surface area contributed by atoms with Crippen LogP contribution in [0.2, 0.25) is 0 Å². The SMILES string of the molecule is CCCCN(CCCC)S(=O)(=O)c1ccc(C(=O)O)cn1. The Morgan fingerprint density at radius 3 is 2.14 bits per heavy atom. The predicted octanol–water partition coefficient (Wildman–Crippen LogP) is 2.37. The molecule has 7 heteroatoms. The summed E-state index contributed by atoms with van der Waals surface area (Å²) in [5.74, 6) is -1.12. The van der Waals surface area contributed by atoms with Crippen LogP contribution in [0.1, 0.15) is 49.9 Å². The third-order valence-corrected chi connectivity index (χ3v) is 4.92. The molecule has 6 nitrogen and oxygen atoms in total. The van der Waals surface area contributed by atoms with E-state index in [1.165, 1.54) is 16.4 Å². The molecule has 0 saturated carbocycles. The maximum absolute atomic E-state index is 12.5. The molecule has 1 N–H and O–H groups in total. The van der Waals surface area contributed by atoms with Gasteiger partial charge in [0, 0.05) is 19.3 Å². The molecule has 0 aliphatic rings. The highest BCUT2D eigenvalue weighted by Gasteiger charge is 2.25. The first-order chi connectivity index (χ1) is 9.93. The third-order valence-electron chi connectivity index (χ3n) is 3.11. The van der Waals surface area contributed by atoms with Crippen LogP contribution in [-0.4, -0.2) is 41.9 Å². The molecule has 0 aliphatic carbocycles. The zero-order valence-corrected chi connectivity index (χ0v) is 13.3. The van der Waals surface area contributed by atoms with Gasteiger partial charge in [-0.15, -0.1) is 0 Å². The minimum atomic E-state index is -3.66. The van der Waals surface area contributed by atoms with Crippen LogP contribution in [0, 0.1) is 0 Å². The van der Waals surface area contributed by atoms with E-state index < -0.39 is 16.0 Å². The molecule has 1 heterocycles. The molecule has 0 aromatic carbocycles. The largest absolute Gasteiger partial charge is 0.478 e. The van der Waals surface area contributed by atoms with E-state index in [1.807, 2.05) is 13.8 Å². The molecule has 21 heavy (non-hydrogen) atoms. The van der Waals surface area contributed by atoms with Crippen molar-refractivity contribution in [2.75, 3.05) is 13.1 Å². The van der Waals surface area contributed by atoms with Gasteiger partial charge in [0.25, 0.3) is 10.0 Å². The second-order valence-electron chi connectivity index (χ2n) is 4.80. The van der Waals surface area contributed by atoms with E-state index in [1.54, 1.807) is 0 Å². The molecule has 0 spiro atoms. The number of hydrogen-bond donors (Lipinski definition) is 1. The van der Waals surface area contributed by atoms with Crippen molar-refractivity contribution in [2.24, 2.45) is 0 Å². The molecular formula is C14H22N2O4S. The Hall–Kier alpha value is -1.47. The van der Waals surface area contributed by atoms with Gasteiger partial charge in [0.15, 0.2) is 5.03 Å². The minimum absolute atomic E-state index is 0.0254. The summed E-state index contributed by atoms with van der Waals surface area (Å²) in [5, 5.41) is 8.72. The number of carboxylic acids is 1. The number of hydrogen-bond acceptors (Lipinski definition) is 4. The third kappa shape index (κ3) is 4.78. The van der Waals surface area contributed by atoms with Gasteiger partial charge in [-0.1, -0.05) is 26.7 Å². The maximum Gasteiger partial charge on any atom is 0.337 e. The second kappa shape index (κ2) is 8.09. The fourth-order valence-electron chi connectivity index (χ4n) is 1.81. The highest BCUT2D eigenvalue weighted by atomic mass is 32.2. The van der Waals surface area contributed by atoms with Crippen LogP contribution in [0.5, 0.6) is 0 Å². The fraction of sp³-hybridized carbons (Fsp3) is 0.571. The molecule has 118 valence electrons. The number of rotatable bonds is 9. The van der Waals surface area contributed by atoms with Crippen LogP contribution in [0.4, 0.5) is 0 Å². The lowest BCUT2D eigenvalue weighted by atomic mass is 10.3. The lowest BCUT2D eigenvalue weighted by molar-refractivity contribution is 0.0696. The van der Waals surface area contributed by atoms with Crippen LogP contribution in [0.15, 0.2) is 23.4 Å². The molecule has 0 amide bonds. The molecule has 0 radical (unpaired) electrons.